The van der Waals surface area contributed by atoms with Crippen LogP contribution >= 0.6 is 11.8 Å². The average Bonchev–Trinajstić information content (AvgIpc) is 2.62. The van der Waals surface area contributed by atoms with Gasteiger partial charge in [0.25, 0.3) is 5.91 Å². The van der Waals surface area contributed by atoms with Crippen molar-refractivity contribution >= 4 is 34.0 Å². The number of benzene rings is 2. The molecule has 1 heterocycles. The molecule has 1 amide bonds. The van der Waals surface area contributed by atoms with Crippen LogP contribution in [0.4, 0.5) is 5.69 Å². The van der Waals surface area contributed by atoms with Crippen molar-refractivity contribution in [3.8, 4) is 0 Å². The summed E-state index contributed by atoms with van der Waals surface area (Å²) in [4.78, 5) is 24.9. The first-order chi connectivity index (χ1) is 11.6. The van der Waals surface area contributed by atoms with E-state index < -0.39 is 0 Å². The van der Waals surface area contributed by atoms with Gasteiger partial charge in [-0.25, -0.2) is 0 Å². The second-order valence-corrected chi connectivity index (χ2v) is 6.42. The molecule has 1 N–H and O–H groups in total. The summed E-state index contributed by atoms with van der Waals surface area (Å²) in [5.41, 5.74) is 2.10. The monoisotopic (exact) mass is 339 g/mol. The summed E-state index contributed by atoms with van der Waals surface area (Å²) in [6, 6.07) is 16.6. The van der Waals surface area contributed by atoms with Crippen molar-refractivity contribution in [1.82, 2.24) is 0 Å². The van der Waals surface area contributed by atoms with Crippen molar-refractivity contribution in [3.05, 3.63) is 71.5 Å². The third kappa shape index (κ3) is 3.68. The molecular formula is C19H17NO3S. The van der Waals surface area contributed by atoms with Crippen LogP contribution in [0.2, 0.25) is 0 Å². The van der Waals surface area contributed by atoms with Crippen LogP contribution in [0, 0.1) is 0 Å². The van der Waals surface area contributed by atoms with Gasteiger partial charge in [0.2, 0.25) is 0 Å². The number of carbonyl (C=O) groups excluding carboxylic acids is 2. The Hall–Kier alpha value is -2.53. The van der Waals surface area contributed by atoms with Crippen LogP contribution in [0.1, 0.15) is 22.8 Å². The molecule has 122 valence electrons. The Labute approximate surface area is 144 Å². The lowest BCUT2D eigenvalue weighted by atomic mass is 10.1. The Morgan fingerprint density at radius 1 is 1.08 bits per heavy atom. The SMILES string of the molecule is CC(=O)c1cccc(NC(=O)C2=C(c3ccccc3)SCCO2)c1. The predicted molar refractivity (Wildman–Crippen MR) is 96.8 cm³/mol. The van der Waals surface area contributed by atoms with Gasteiger partial charge in [-0.15, -0.1) is 11.8 Å². The van der Waals surface area contributed by atoms with E-state index in [0.717, 1.165) is 16.2 Å². The molecule has 0 spiro atoms. The number of carbonyl (C=O) groups is 2. The van der Waals surface area contributed by atoms with Crippen molar-refractivity contribution in [1.29, 1.82) is 0 Å². The molecule has 1 aliphatic heterocycles. The van der Waals surface area contributed by atoms with E-state index in [1.165, 1.54) is 6.92 Å². The van der Waals surface area contributed by atoms with E-state index in [9.17, 15) is 9.59 Å². The highest BCUT2D eigenvalue weighted by Gasteiger charge is 2.23. The number of thioether (sulfide) groups is 1. The van der Waals surface area contributed by atoms with Crippen LogP contribution in [0.3, 0.4) is 0 Å². The molecule has 5 heteroatoms. The quantitative estimate of drug-likeness (QED) is 0.857. The molecule has 0 unspecified atom stereocenters. The second-order valence-electron chi connectivity index (χ2n) is 5.31. The Balaban J connectivity index is 1.88. The van der Waals surface area contributed by atoms with Gasteiger partial charge in [0.15, 0.2) is 11.5 Å². The number of hydrogen-bond acceptors (Lipinski definition) is 4. The van der Waals surface area contributed by atoms with Crippen LogP contribution in [-0.2, 0) is 9.53 Å². The second kappa shape index (κ2) is 7.36. The first kappa shape index (κ1) is 16.3. The average molecular weight is 339 g/mol. The number of ether oxygens (including phenoxy) is 1. The smallest absolute Gasteiger partial charge is 0.291 e. The lowest BCUT2D eigenvalue weighted by Crippen LogP contribution is -2.21. The van der Waals surface area contributed by atoms with Gasteiger partial charge in [-0.05, 0) is 24.6 Å². The maximum atomic E-state index is 12.6. The maximum Gasteiger partial charge on any atom is 0.291 e. The molecule has 0 saturated heterocycles. The predicted octanol–water partition coefficient (Wildman–Crippen LogP) is 3.96. The highest BCUT2D eigenvalue weighted by Crippen LogP contribution is 2.35. The molecule has 0 fully saturated rings. The van der Waals surface area contributed by atoms with Gasteiger partial charge in [-0.1, -0.05) is 42.5 Å². The van der Waals surface area contributed by atoms with E-state index in [0.29, 0.717) is 23.6 Å². The number of Topliss-reactive ketones (excluding diaryl/α,β-unsaturated/α-hetero) is 1. The zero-order valence-corrected chi connectivity index (χ0v) is 14.1. The van der Waals surface area contributed by atoms with Gasteiger partial charge < -0.3 is 10.1 Å². The highest BCUT2D eigenvalue weighted by molar-refractivity contribution is 8.08. The molecular weight excluding hydrogens is 322 g/mol. The lowest BCUT2D eigenvalue weighted by Gasteiger charge is -2.20. The molecule has 3 rings (SSSR count). The minimum Gasteiger partial charge on any atom is -0.486 e. The first-order valence-electron chi connectivity index (χ1n) is 7.63. The number of amides is 1. The van der Waals surface area contributed by atoms with Crippen molar-refractivity contribution in [2.75, 3.05) is 17.7 Å². The molecule has 24 heavy (non-hydrogen) atoms. The van der Waals surface area contributed by atoms with Gasteiger partial charge >= 0.3 is 0 Å². The third-order valence-corrected chi connectivity index (χ3v) is 4.63. The standard InChI is InChI=1S/C19H17NO3S/c1-13(21)15-8-5-9-16(12-15)20-19(22)17-18(24-11-10-23-17)14-6-3-2-4-7-14/h2-9,12H,10-11H2,1H3,(H,20,22). The van der Waals surface area contributed by atoms with Crippen LogP contribution in [0.5, 0.6) is 0 Å². The van der Waals surface area contributed by atoms with Crippen LogP contribution in [0.25, 0.3) is 4.91 Å². The summed E-state index contributed by atoms with van der Waals surface area (Å²) in [5.74, 6) is 0.785. The van der Waals surface area contributed by atoms with E-state index in [1.807, 2.05) is 30.3 Å². The summed E-state index contributed by atoms with van der Waals surface area (Å²) in [6.45, 7) is 2.00. The molecule has 0 saturated carbocycles. The maximum absolute atomic E-state index is 12.6. The summed E-state index contributed by atoms with van der Waals surface area (Å²) < 4.78 is 5.64. The van der Waals surface area contributed by atoms with Crippen molar-refractivity contribution in [2.45, 2.75) is 6.92 Å². The molecule has 2 aromatic rings. The first-order valence-corrected chi connectivity index (χ1v) is 8.61. The van der Waals surface area contributed by atoms with Crippen molar-refractivity contribution < 1.29 is 14.3 Å². The molecule has 0 aliphatic carbocycles. The van der Waals surface area contributed by atoms with E-state index in [1.54, 1.807) is 36.0 Å². The fourth-order valence-corrected chi connectivity index (χ4v) is 3.35. The fourth-order valence-electron chi connectivity index (χ4n) is 2.39. The van der Waals surface area contributed by atoms with E-state index in [-0.39, 0.29) is 11.7 Å². The zero-order chi connectivity index (χ0) is 16.9. The normalized spacial score (nSPS) is 14.0. The summed E-state index contributed by atoms with van der Waals surface area (Å²) in [6.07, 6.45) is 0. The number of nitrogens with one attached hydrogen (secondary N) is 1. The Morgan fingerprint density at radius 2 is 1.88 bits per heavy atom. The van der Waals surface area contributed by atoms with Gasteiger partial charge in [0, 0.05) is 17.0 Å². The lowest BCUT2D eigenvalue weighted by molar-refractivity contribution is -0.115. The molecule has 2 aromatic carbocycles. The summed E-state index contributed by atoms with van der Waals surface area (Å²) in [5, 5.41) is 2.82. The zero-order valence-electron chi connectivity index (χ0n) is 13.2. The number of hydrogen-bond donors (Lipinski definition) is 1. The van der Waals surface area contributed by atoms with E-state index in [4.69, 9.17) is 4.74 Å². The Bertz CT molecular complexity index is 799. The molecule has 0 radical (unpaired) electrons. The minimum atomic E-state index is -0.304. The topological polar surface area (TPSA) is 55.4 Å². The van der Waals surface area contributed by atoms with Crippen LogP contribution < -0.4 is 5.32 Å². The fraction of sp³-hybridized carbons (Fsp3) is 0.158. The largest absolute Gasteiger partial charge is 0.486 e. The molecule has 0 aromatic heterocycles. The van der Waals surface area contributed by atoms with E-state index in [2.05, 4.69) is 5.32 Å². The Morgan fingerprint density at radius 3 is 2.62 bits per heavy atom. The van der Waals surface area contributed by atoms with Gasteiger partial charge in [-0.3, -0.25) is 9.59 Å². The molecule has 1 aliphatic rings. The molecule has 4 nitrogen and oxygen atoms in total. The Kier molecular flexibility index (Phi) is 5.01. The van der Waals surface area contributed by atoms with Crippen LogP contribution in [-0.4, -0.2) is 24.1 Å². The van der Waals surface area contributed by atoms with Crippen LogP contribution in [0.15, 0.2) is 60.4 Å². The molecule has 0 bridgehead atoms. The van der Waals surface area contributed by atoms with Crippen molar-refractivity contribution in [2.24, 2.45) is 0 Å². The number of anilines is 1. The minimum absolute atomic E-state index is 0.0419. The van der Waals surface area contributed by atoms with E-state index >= 15 is 0 Å². The van der Waals surface area contributed by atoms with Gasteiger partial charge in [-0.2, -0.15) is 0 Å². The van der Waals surface area contributed by atoms with Crippen molar-refractivity contribution in [3.63, 3.8) is 0 Å². The summed E-state index contributed by atoms with van der Waals surface area (Å²) in [7, 11) is 0. The van der Waals surface area contributed by atoms with Gasteiger partial charge in [0.1, 0.15) is 0 Å². The summed E-state index contributed by atoms with van der Waals surface area (Å²) >= 11 is 1.61. The van der Waals surface area contributed by atoms with Gasteiger partial charge in [0.05, 0.1) is 11.5 Å². The molecule has 0 atom stereocenters. The number of ketones is 1. The third-order valence-electron chi connectivity index (χ3n) is 3.55. The highest BCUT2D eigenvalue weighted by atomic mass is 32.2. The number of rotatable bonds is 4.